The van der Waals surface area contributed by atoms with Crippen LogP contribution in [0.2, 0.25) is 0 Å². The number of fused-ring (bicyclic) bond motifs is 1. The first kappa shape index (κ1) is 22.2. The number of nitrogens with two attached hydrogens (primary N) is 1. The van der Waals surface area contributed by atoms with Crippen LogP contribution in [0.4, 0.5) is 9.18 Å². The van der Waals surface area contributed by atoms with Crippen LogP contribution in [0.1, 0.15) is 23.1 Å². The van der Waals surface area contributed by atoms with Crippen LogP contribution in [0.25, 0.3) is 0 Å². The molecule has 9 nitrogen and oxygen atoms in total. The molecule has 4 unspecified atom stereocenters. The summed E-state index contributed by atoms with van der Waals surface area (Å²) in [4.78, 5) is 14.2. The molecule has 4 atom stereocenters. The second-order valence-electron chi connectivity index (χ2n) is 8.34. The molecule has 2 saturated heterocycles. The topological polar surface area (TPSA) is 122 Å². The van der Waals surface area contributed by atoms with Crippen molar-refractivity contribution in [2.24, 2.45) is 11.7 Å². The molecule has 10 heteroatoms. The standard InChI is InChI=1S/C24H24FN5O4/c25-16-6-4-14(5-7-16)21-20-19(18(13-26)22(27)34-23(20)29-28-21)15-2-1-3-17(12-15)33-24(31)30-8-10-32-11-9-30/h1-7,12,19-21,23,28-29H,8-11,27H2. The number of nitrogens with one attached hydrogen (secondary N) is 2. The molecule has 2 aromatic carbocycles. The van der Waals surface area contributed by atoms with Crippen molar-refractivity contribution in [2.45, 2.75) is 18.2 Å². The van der Waals surface area contributed by atoms with Crippen LogP contribution in [0.3, 0.4) is 0 Å². The van der Waals surface area contributed by atoms with Gasteiger partial charge in [0.1, 0.15) is 17.6 Å². The third kappa shape index (κ3) is 4.17. The molecule has 1 amide bonds. The molecule has 0 aliphatic carbocycles. The van der Waals surface area contributed by atoms with Crippen molar-refractivity contribution in [3.8, 4) is 11.8 Å². The highest BCUT2D eigenvalue weighted by Crippen LogP contribution is 2.47. The molecule has 0 aromatic heterocycles. The minimum atomic E-state index is -0.517. The molecule has 4 N–H and O–H groups in total. The van der Waals surface area contributed by atoms with Crippen molar-refractivity contribution in [1.29, 1.82) is 5.26 Å². The molecule has 2 aromatic rings. The lowest BCUT2D eigenvalue weighted by molar-refractivity contribution is 0.0339. The van der Waals surface area contributed by atoms with Gasteiger partial charge in [0.2, 0.25) is 5.88 Å². The third-order valence-electron chi connectivity index (χ3n) is 6.37. The molecule has 0 bridgehead atoms. The predicted molar refractivity (Wildman–Crippen MR) is 118 cm³/mol. The van der Waals surface area contributed by atoms with E-state index in [4.69, 9.17) is 19.9 Å². The Kier molecular flexibility index (Phi) is 6.06. The predicted octanol–water partition coefficient (Wildman–Crippen LogP) is 2.26. The van der Waals surface area contributed by atoms with Gasteiger partial charge in [-0.3, -0.25) is 0 Å². The molecule has 2 fully saturated rings. The Morgan fingerprint density at radius 1 is 1.15 bits per heavy atom. The van der Waals surface area contributed by atoms with E-state index in [1.807, 2.05) is 6.07 Å². The molecule has 3 heterocycles. The number of hydrazine groups is 1. The summed E-state index contributed by atoms with van der Waals surface area (Å²) in [6.07, 6.45) is -0.967. The van der Waals surface area contributed by atoms with Crippen molar-refractivity contribution in [2.75, 3.05) is 26.3 Å². The molecular formula is C24H24FN5O4. The van der Waals surface area contributed by atoms with Crippen LogP contribution >= 0.6 is 0 Å². The zero-order valence-corrected chi connectivity index (χ0v) is 18.2. The van der Waals surface area contributed by atoms with Gasteiger partial charge in [-0.25, -0.2) is 20.0 Å². The van der Waals surface area contributed by atoms with Gasteiger partial charge in [-0.1, -0.05) is 24.3 Å². The number of hydrogen-bond donors (Lipinski definition) is 3. The molecule has 5 rings (SSSR count). The fourth-order valence-corrected chi connectivity index (χ4v) is 4.73. The van der Waals surface area contributed by atoms with Gasteiger partial charge < -0.3 is 24.8 Å². The lowest BCUT2D eigenvalue weighted by atomic mass is 9.74. The van der Waals surface area contributed by atoms with E-state index in [0.717, 1.165) is 11.1 Å². The van der Waals surface area contributed by atoms with Crippen molar-refractivity contribution < 1.29 is 23.4 Å². The minimum absolute atomic E-state index is 0.0403. The highest BCUT2D eigenvalue weighted by atomic mass is 19.1. The van der Waals surface area contributed by atoms with Gasteiger partial charge in [-0.15, -0.1) is 0 Å². The lowest BCUT2D eigenvalue weighted by Gasteiger charge is -2.36. The average Bonchev–Trinajstić information content (AvgIpc) is 3.27. The van der Waals surface area contributed by atoms with Crippen molar-refractivity contribution in [1.82, 2.24) is 15.8 Å². The van der Waals surface area contributed by atoms with E-state index >= 15 is 0 Å². The summed E-state index contributed by atoms with van der Waals surface area (Å²) in [5.74, 6) is -0.663. The number of carbonyl (C=O) groups excluding carboxylic acids is 1. The van der Waals surface area contributed by atoms with Gasteiger partial charge >= 0.3 is 6.09 Å². The van der Waals surface area contributed by atoms with E-state index in [-0.39, 0.29) is 29.2 Å². The summed E-state index contributed by atoms with van der Waals surface area (Å²) in [5, 5.41) is 9.93. The number of ether oxygens (including phenoxy) is 3. The molecule has 0 spiro atoms. The quantitative estimate of drug-likeness (QED) is 0.631. The SMILES string of the molecule is N#CC1=C(N)OC2NNC(c3ccc(F)cc3)C2C1c1cccc(OC(=O)N2CCOCC2)c1. The number of hydrogen-bond acceptors (Lipinski definition) is 8. The summed E-state index contributed by atoms with van der Waals surface area (Å²) < 4.78 is 30.2. The number of nitrogens with zero attached hydrogens (tertiary/aromatic N) is 2. The van der Waals surface area contributed by atoms with Crippen molar-refractivity contribution >= 4 is 6.09 Å². The Labute approximate surface area is 195 Å². The van der Waals surface area contributed by atoms with E-state index in [1.54, 1.807) is 35.2 Å². The van der Waals surface area contributed by atoms with Gasteiger partial charge in [0.25, 0.3) is 0 Å². The number of allylic oxidation sites excluding steroid dienone is 1. The minimum Gasteiger partial charge on any atom is -0.458 e. The Morgan fingerprint density at radius 2 is 1.91 bits per heavy atom. The molecular weight excluding hydrogens is 441 g/mol. The Bertz CT molecular complexity index is 1140. The average molecular weight is 465 g/mol. The number of amides is 1. The molecule has 34 heavy (non-hydrogen) atoms. The first-order chi connectivity index (χ1) is 16.5. The lowest BCUT2D eigenvalue weighted by Crippen LogP contribution is -2.42. The molecule has 0 radical (unpaired) electrons. The van der Waals surface area contributed by atoms with Crippen LogP contribution in [0.5, 0.6) is 5.75 Å². The fraction of sp³-hybridized carbons (Fsp3) is 0.333. The van der Waals surface area contributed by atoms with E-state index in [2.05, 4.69) is 16.9 Å². The summed E-state index contributed by atoms with van der Waals surface area (Å²) in [6, 6.07) is 15.2. The second-order valence-corrected chi connectivity index (χ2v) is 8.34. The van der Waals surface area contributed by atoms with Crippen LogP contribution in [0, 0.1) is 23.1 Å². The smallest absolute Gasteiger partial charge is 0.415 e. The second kappa shape index (κ2) is 9.30. The number of halogens is 1. The van der Waals surface area contributed by atoms with Gasteiger partial charge in [-0.2, -0.15) is 5.26 Å². The summed E-state index contributed by atoms with van der Waals surface area (Å²) in [5.41, 5.74) is 14.3. The molecule has 3 aliphatic heterocycles. The maximum Gasteiger partial charge on any atom is 0.415 e. The summed E-state index contributed by atoms with van der Waals surface area (Å²) >= 11 is 0. The van der Waals surface area contributed by atoms with Gasteiger partial charge in [0.15, 0.2) is 6.23 Å². The van der Waals surface area contributed by atoms with Gasteiger partial charge in [0, 0.05) is 24.9 Å². The third-order valence-corrected chi connectivity index (χ3v) is 6.37. The maximum absolute atomic E-state index is 13.5. The fourth-order valence-electron chi connectivity index (χ4n) is 4.73. The van der Waals surface area contributed by atoms with Crippen molar-refractivity contribution in [3.63, 3.8) is 0 Å². The first-order valence-corrected chi connectivity index (χ1v) is 11.0. The maximum atomic E-state index is 13.5. The molecule has 176 valence electrons. The number of morpholine rings is 1. The normalized spacial score (nSPS) is 26.4. The zero-order valence-electron chi connectivity index (χ0n) is 18.2. The Hall–Kier alpha value is -3.65. The van der Waals surface area contributed by atoms with E-state index in [9.17, 15) is 14.4 Å². The summed E-state index contributed by atoms with van der Waals surface area (Å²) in [7, 11) is 0. The van der Waals surface area contributed by atoms with Crippen LogP contribution in [-0.2, 0) is 9.47 Å². The van der Waals surface area contributed by atoms with Crippen LogP contribution in [-0.4, -0.2) is 43.5 Å². The first-order valence-electron chi connectivity index (χ1n) is 11.0. The Balaban J connectivity index is 1.47. The van der Waals surface area contributed by atoms with E-state index in [1.165, 1.54) is 12.1 Å². The number of nitriles is 1. The number of rotatable bonds is 3. The molecule has 0 saturated carbocycles. The van der Waals surface area contributed by atoms with Gasteiger partial charge in [-0.05, 0) is 35.4 Å². The molecule has 3 aliphatic rings. The van der Waals surface area contributed by atoms with Crippen molar-refractivity contribution in [3.05, 3.63) is 76.9 Å². The highest BCUT2D eigenvalue weighted by molar-refractivity contribution is 5.71. The Morgan fingerprint density at radius 3 is 2.65 bits per heavy atom. The van der Waals surface area contributed by atoms with Crippen LogP contribution < -0.4 is 21.3 Å². The summed E-state index contributed by atoms with van der Waals surface area (Å²) in [6.45, 7) is 1.88. The van der Waals surface area contributed by atoms with Crippen LogP contribution in [0.15, 0.2) is 60.0 Å². The highest BCUT2D eigenvalue weighted by Gasteiger charge is 2.49. The van der Waals surface area contributed by atoms with Gasteiger partial charge in [0.05, 0.1) is 24.8 Å². The monoisotopic (exact) mass is 465 g/mol. The van der Waals surface area contributed by atoms with E-state index in [0.29, 0.717) is 32.1 Å². The number of benzene rings is 2. The zero-order chi connectivity index (χ0) is 23.7. The van der Waals surface area contributed by atoms with E-state index < -0.39 is 18.2 Å². The number of carbonyl (C=O) groups is 1. The largest absolute Gasteiger partial charge is 0.458 e.